The smallest absolute Gasteiger partial charge is 0.361 e. The Morgan fingerprint density at radius 3 is 2.73 bits per heavy atom. The van der Waals surface area contributed by atoms with Crippen LogP contribution >= 0.6 is 43.2 Å². The largest absolute Gasteiger partial charge is 0.461 e. The molecule has 0 atom stereocenters. The zero-order valence-corrected chi connectivity index (χ0v) is 11.6. The van der Waals surface area contributed by atoms with Gasteiger partial charge in [-0.3, -0.25) is 0 Å². The summed E-state index contributed by atoms with van der Waals surface area (Å²) in [5.74, 6) is -0.643. The van der Waals surface area contributed by atoms with Gasteiger partial charge in [0.05, 0.1) is 15.3 Å². The third-order valence-electron chi connectivity index (χ3n) is 1.44. The zero-order valence-electron chi connectivity index (χ0n) is 7.66. The fourth-order valence-corrected chi connectivity index (χ4v) is 3.46. The van der Waals surface area contributed by atoms with E-state index in [2.05, 4.69) is 37.0 Å². The zero-order chi connectivity index (χ0) is 11.4. The first-order chi connectivity index (χ1) is 7.10. The SMILES string of the molecule is CCOC(=O)/C(=N\O)c1sc(Br)cc1Br. The van der Waals surface area contributed by atoms with E-state index in [9.17, 15) is 4.79 Å². The van der Waals surface area contributed by atoms with E-state index in [4.69, 9.17) is 9.94 Å². The summed E-state index contributed by atoms with van der Waals surface area (Å²) in [6, 6.07) is 1.77. The molecule has 7 heteroatoms. The fraction of sp³-hybridized carbons (Fsp3) is 0.250. The van der Waals surface area contributed by atoms with E-state index < -0.39 is 5.97 Å². The van der Waals surface area contributed by atoms with Crippen molar-refractivity contribution in [2.75, 3.05) is 6.61 Å². The fourth-order valence-electron chi connectivity index (χ4n) is 0.881. The second-order valence-corrected chi connectivity index (χ2v) is 5.68. The third kappa shape index (κ3) is 3.02. The molecule has 0 saturated heterocycles. The second-order valence-electron chi connectivity index (χ2n) is 2.40. The first-order valence-electron chi connectivity index (χ1n) is 3.94. The molecule has 0 spiro atoms. The van der Waals surface area contributed by atoms with Gasteiger partial charge < -0.3 is 9.94 Å². The van der Waals surface area contributed by atoms with E-state index in [-0.39, 0.29) is 12.3 Å². The molecule has 4 nitrogen and oxygen atoms in total. The van der Waals surface area contributed by atoms with Crippen LogP contribution in [-0.2, 0) is 9.53 Å². The summed E-state index contributed by atoms with van der Waals surface area (Å²) in [6.45, 7) is 1.92. The van der Waals surface area contributed by atoms with Crippen molar-refractivity contribution < 1.29 is 14.7 Å². The monoisotopic (exact) mass is 355 g/mol. The predicted octanol–water partition coefficient (Wildman–Crippen LogP) is 3.01. The Hall–Kier alpha value is -0.400. The number of rotatable bonds is 3. The highest BCUT2D eigenvalue weighted by Crippen LogP contribution is 2.31. The molecular weight excluding hydrogens is 350 g/mol. The molecule has 0 saturated carbocycles. The molecule has 1 aromatic heterocycles. The molecule has 0 radical (unpaired) electrons. The molecule has 1 N–H and O–H groups in total. The van der Waals surface area contributed by atoms with Crippen LogP contribution in [0.15, 0.2) is 19.5 Å². The lowest BCUT2D eigenvalue weighted by atomic mass is 10.3. The van der Waals surface area contributed by atoms with Crippen LogP contribution in [0.2, 0.25) is 0 Å². The Balaban J connectivity index is 3.03. The van der Waals surface area contributed by atoms with Crippen molar-refractivity contribution in [3.05, 3.63) is 19.2 Å². The number of esters is 1. The van der Waals surface area contributed by atoms with Gasteiger partial charge in [-0.15, -0.1) is 11.3 Å². The van der Waals surface area contributed by atoms with Crippen LogP contribution in [0.5, 0.6) is 0 Å². The molecule has 0 bridgehead atoms. The molecule has 0 aliphatic rings. The Labute approximate surface area is 107 Å². The number of halogens is 2. The summed E-state index contributed by atoms with van der Waals surface area (Å²) in [6.07, 6.45) is 0. The lowest BCUT2D eigenvalue weighted by molar-refractivity contribution is -0.135. The van der Waals surface area contributed by atoms with Gasteiger partial charge in [-0.1, -0.05) is 5.16 Å². The van der Waals surface area contributed by atoms with Crippen molar-refractivity contribution in [3.63, 3.8) is 0 Å². The molecule has 1 aromatic rings. The van der Waals surface area contributed by atoms with Gasteiger partial charge in [0.15, 0.2) is 0 Å². The van der Waals surface area contributed by atoms with Gasteiger partial charge in [0.25, 0.3) is 0 Å². The van der Waals surface area contributed by atoms with E-state index in [1.54, 1.807) is 13.0 Å². The number of nitrogens with zero attached hydrogens (tertiary/aromatic N) is 1. The quantitative estimate of drug-likeness (QED) is 0.392. The Morgan fingerprint density at radius 2 is 2.33 bits per heavy atom. The third-order valence-corrected chi connectivity index (χ3v) is 3.97. The van der Waals surface area contributed by atoms with Gasteiger partial charge in [-0.2, -0.15) is 0 Å². The second kappa shape index (κ2) is 5.62. The molecule has 0 amide bonds. The number of carbonyl (C=O) groups excluding carboxylic acids is 1. The number of oxime groups is 1. The van der Waals surface area contributed by atoms with Crippen LogP contribution in [0.3, 0.4) is 0 Å². The molecule has 0 fully saturated rings. The summed E-state index contributed by atoms with van der Waals surface area (Å²) >= 11 is 7.81. The van der Waals surface area contributed by atoms with Crippen LogP contribution in [0.25, 0.3) is 0 Å². The summed E-state index contributed by atoms with van der Waals surface area (Å²) in [5, 5.41) is 11.7. The number of hydrogen-bond acceptors (Lipinski definition) is 5. The van der Waals surface area contributed by atoms with Gasteiger partial charge in [-0.25, -0.2) is 4.79 Å². The number of thiophene rings is 1. The molecule has 82 valence electrons. The Kier molecular flexibility index (Phi) is 4.75. The maximum Gasteiger partial charge on any atom is 0.361 e. The highest BCUT2D eigenvalue weighted by atomic mass is 79.9. The molecule has 15 heavy (non-hydrogen) atoms. The summed E-state index contributed by atoms with van der Waals surface area (Å²) < 4.78 is 6.26. The van der Waals surface area contributed by atoms with Crippen LogP contribution < -0.4 is 0 Å². The van der Waals surface area contributed by atoms with Crippen molar-refractivity contribution in [3.8, 4) is 0 Å². The predicted molar refractivity (Wildman–Crippen MR) is 64.7 cm³/mol. The first kappa shape index (κ1) is 12.7. The summed E-state index contributed by atoms with van der Waals surface area (Å²) in [4.78, 5) is 11.9. The Bertz CT molecular complexity index is 403. The Morgan fingerprint density at radius 1 is 1.67 bits per heavy atom. The molecule has 0 aromatic carbocycles. The van der Waals surface area contributed by atoms with E-state index in [1.165, 1.54) is 11.3 Å². The number of carbonyl (C=O) groups is 1. The summed E-state index contributed by atoms with van der Waals surface area (Å²) in [7, 11) is 0. The van der Waals surface area contributed by atoms with Gasteiger partial charge in [0.1, 0.15) is 0 Å². The number of ether oxygens (including phenoxy) is 1. The van der Waals surface area contributed by atoms with Crippen LogP contribution in [0, 0.1) is 0 Å². The maximum atomic E-state index is 11.4. The molecule has 0 aliphatic carbocycles. The average Bonchev–Trinajstić information content (AvgIpc) is 2.47. The van der Waals surface area contributed by atoms with Crippen LogP contribution in [0.1, 0.15) is 11.8 Å². The minimum Gasteiger partial charge on any atom is -0.461 e. The average molecular weight is 357 g/mol. The highest BCUT2D eigenvalue weighted by Gasteiger charge is 2.21. The van der Waals surface area contributed by atoms with E-state index in [0.717, 1.165) is 3.79 Å². The molecular formula is C8H7Br2NO3S. The highest BCUT2D eigenvalue weighted by molar-refractivity contribution is 9.11. The maximum absolute atomic E-state index is 11.4. The van der Waals surface area contributed by atoms with Crippen molar-refractivity contribution in [2.24, 2.45) is 5.16 Å². The molecule has 0 unspecified atom stereocenters. The minimum atomic E-state index is -0.643. The van der Waals surface area contributed by atoms with Crippen molar-refractivity contribution in [1.82, 2.24) is 0 Å². The lowest BCUT2D eigenvalue weighted by Gasteiger charge is -2.01. The van der Waals surface area contributed by atoms with Gasteiger partial charge >= 0.3 is 5.97 Å². The normalized spacial score (nSPS) is 11.5. The number of hydrogen-bond donors (Lipinski definition) is 1. The van der Waals surface area contributed by atoms with Gasteiger partial charge in [0.2, 0.25) is 5.71 Å². The van der Waals surface area contributed by atoms with Crippen LogP contribution in [0.4, 0.5) is 0 Å². The topological polar surface area (TPSA) is 58.9 Å². The summed E-state index contributed by atoms with van der Waals surface area (Å²) in [5.41, 5.74) is -0.0978. The van der Waals surface area contributed by atoms with Crippen molar-refractivity contribution in [2.45, 2.75) is 6.92 Å². The standard InChI is InChI=1S/C8H7Br2NO3S/c1-2-14-8(12)6(11-13)7-4(9)3-5(10)15-7/h3,13H,2H2,1H3/b11-6-. The minimum absolute atomic E-state index is 0.0978. The van der Waals surface area contributed by atoms with E-state index in [0.29, 0.717) is 9.35 Å². The molecule has 1 heterocycles. The van der Waals surface area contributed by atoms with E-state index in [1.807, 2.05) is 0 Å². The molecule has 1 rings (SSSR count). The van der Waals surface area contributed by atoms with Crippen molar-refractivity contribution in [1.29, 1.82) is 0 Å². The van der Waals surface area contributed by atoms with Gasteiger partial charge in [-0.05, 0) is 44.8 Å². The van der Waals surface area contributed by atoms with E-state index >= 15 is 0 Å². The van der Waals surface area contributed by atoms with Crippen molar-refractivity contribution >= 4 is 54.9 Å². The first-order valence-corrected chi connectivity index (χ1v) is 6.34. The van der Waals surface area contributed by atoms with Gasteiger partial charge in [0, 0.05) is 4.47 Å². The van der Waals surface area contributed by atoms with Crippen LogP contribution in [-0.4, -0.2) is 23.5 Å². The lowest BCUT2D eigenvalue weighted by Crippen LogP contribution is -2.18. The molecule has 0 aliphatic heterocycles.